The van der Waals surface area contributed by atoms with Crippen molar-refractivity contribution in [2.75, 3.05) is 24.6 Å². The van der Waals surface area contributed by atoms with Gasteiger partial charge in [0, 0.05) is 34.3 Å². The predicted molar refractivity (Wildman–Crippen MR) is 90.5 cm³/mol. The lowest BCUT2D eigenvalue weighted by Gasteiger charge is -2.23. The standard InChI is InChI=1S/C14H21ClN2O2S2/c1-10-12(16)8-11(15)9-13(10)21(18,19)17-5-4-14(2,3)20-7-6-17/h8-9H,4-7,16H2,1-3H3. The molecule has 118 valence electrons. The molecule has 0 amide bonds. The summed E-state index contributed by atoms with van der Waals surface area (Å²) in [7, 11) is -3.56. The van der Waals surface area contributed by atoms with E-state index in [0.29, 0.717) is 29.4 Å². The Labute approximate surface area is 136 Å². The van der Waals surface area contributed by atoms with Gasteiger partial charge in [-0.15, -0.1) is 0 Å². The number of nitrogen functional groups attached to an aromatic ring is 1. The van der Waals surface area contributed by atoms with Gasteiger partial charge in [-0.2, -0.15) is 16.1 Å². The molecule has 1 heterocycles. The van der Waals surface area contributed by atoms with Crippen LogP contribution in [0.2, 0.25) is 5.02 Å². The number of hydrogen-bond donors (Lipinski definition) is 1. The number of rotatable bonds is 2. The number of sulfonamides is 1. The fraction of sp³-hybridized carbons (Fsp3) is 0.571. The Hall–Kier alpha value is -0.430. The number of hydrogen-bond acceptors (Lipinski definition) is 4. The molecule has 0 aromatic heterocycles. The third-order valence-electron chi connectivity index (χ3n) is 3.78. The third kappa shape index (κ3) is 3.67. The molecule has 0 atom stereocenters. The summed E-state index contributed by atoms with van der Waals surface area (Å²) in [5.41, 5.74) is 6.82. The molecule has 0 bridgehead atoms. The van der Waals surface area contributed by atoms with Crippen LogP contribution < -0.4 is 5.73 Å². The van der Waals surface area contributed by atoms with Crippen molar-refractivity contribution in [2.24, 2.45) is 0 Å². The van der Waals surface area contributed by atoms with Gasteiger partial charge >= 0.3 is 0 Å². The zero-order valence-corrected chi connectivity index (χ0v) is 14.9. The highest BCUT2D eigenvalue weighted by atomic mass is 35.5. The van der Waals surface area contributed by atoms with Crippen molar-refractivity contribution < 1.29 is 8.42 Å². The van der Waals surface area contributed by atoms with Gasteiger partial charge in [-0.3, -0.25) is 0 Å². The summed E-state index contributed by atoms with van der Waals surface area (Å²) in [6.07, 6.45) is 0.825. The zero-order valence-electron chi connectivity index (χ0n) is 12.5. The molecular weight excluding hydrogens is 328 g/mol. The lowest BCUT2D eigenvalue weighted by Crippen LogP contribution is -2.34. The van der Waals surface area contributed by atoms with E-state index < -0.39 is 10.0 Å². The maximum Gasteiger partial charge on any atom is 0.243 e. The fourth-order valence-electron chi connectivity index (χ4n) is 2.32. The van der Waals surface area contributed by atoms with Gasteiger partial charge in [0.15, 0.2) is 0 Å². The van der Waals surface area contributed by atoms with Crippen LogP contribution in [-0.2, 0) is 10.0 Å². The predicted octanol–water partition coefficient (Wildman–Crippen LogP) is 3.14. The van der Waals surface area contributed by atoms with Crippen LogP contribution in [0.25, 0.3) is 0 Å². The average molecular weight is 349 g/mol. The summed E-state index contributed by atoms with van der Waals surface area (Å²) < 4.78 is 27.4. The van der Waals surface area contributed by atoms with Crippen LogP contribution in [-0.4, -0.2) is 36.3 Å². The molecule has 1 aromatic rings. The van der Waals surface area contributed by atoms with E-state index in [1.54, 1.807) is 17.3 Å². The molecule has 1 fully saturated rings. The first-order valence-electron chi connectivity index (χ1n) is 6.83. The van der Waals surface area contributed by atoms with E-state index in [0.717, 1.165) is 12.2 Å². The average Bonchev–Trinajstić information content (AvgIpc) is 2.55. The minimum Gasteiger partial charge on any atom is -0.398 e. The van der Waals surface area contributed by atoms with Crippen LogP contribution in [0.15, 0.2) is 17.0 Å². The summed E-state index contributed by atoms with van der Waals surface area (Å²) >= 11 is 7.79. The Bertz CT molecular complexity index is 645. The van der Waals surface area contributed by atoms with Gasteiger partial charge in [0.25, 0.3) is 0 Å². The summed E-state index contributed by atoms with van der Waals surface area (Å²) in [4.78, 5) is 0.220. The molecule has 21 heavy (non-hydrogen) atoms. The molecular formula is C14H21ClN2O2S2. The van der Waals surface area contributed by atoms with Crippen molar-refractivity contribution in [2.45, 2.75) is 36.8 Å². The number of nitrogens with two attached hydrogens (primary N) is 1. The zero-order chi connectivity index (χ0) is 15.8. The largest absolute Gasteiger partial charge is 0.398 e. The van der Waals surface area contributed by atoms with Gasteiger partial charge in [-0.25, -0.2) is 8.42 Å². The van der Waals surface area contributed by atoms with Crippen molar-refractivity contribution in [3.63, 3.8) is 0 Å². The number of anilines is 1. The normalized spacial score (nSPS) is 20.2. The Kier molecular flexibility index (Phi) is 4.83. The van der Waals surface area contributed by atoms with Gasteiger partial charge in [0.05, 0.1) is 4.90 Å². The Morgan fingerprint density at radius 3 is 2.67 bits per heavy atom. The number of benzene rings is 1. The van der Waals surface area contributed by atoms with Gasteiger partial charge in [-0.1, -0.05) is 25.4 Å². The molecule has 0 spiro atoms. The van der Waals surface area contributed by atoms with Crippen molar-refractivity contribution in [3.05, 3.63) is 22.7 Å². The lowest BCUT2D eigenvalue weighted by atomic mass is 10.1. The van der Waals surface area contributed by atoms with E-state index in [4.69, 9.17) is 17.3 Å². The highest BCUT2D eigenvalue weighted by molar-refractivity contribution is 8.00. The molecule has 2 N–H and O–H groups in total. The second-order valence-electron chi connectivity index (χ2n) is 5.88. The minimum absolute atomic E-state index is 0.104. The van der Waals surface area contributed by atoms with E-state index in [9.17, 15) is 8.42 Å². The minimum atomic E-state index is -3.56. The van der Waals surface area contributed by atoms with E-state index in [1.165, 1.54) is 6.07 Å². The van der Waals surface area contributed by atoms with E-state index in [2.05, 4.69) is 13.8 Å². The van der Waals surface area contributed by atoms with E-state index in [-0.39, 0.29) is 9.64 Å². The van der Waals surface area contributed by atoms with E-state index in [1.807, 2.05) is 11.8 Å². The van der Waals surface area contributed by atoms with Crippen molar-refractivity contribution in [1.82, 2.24) is 4.31 Å². The third-order valence-corrected chi connectivity index (χ3v) is 7.39. The maximum absolute atomic E-state index is 12.9. The molecule has 4 nitrogen and oxygen atoms in total. The summed E-state index contributed by atoms with van der Waals surface area (Å²) in [5.74, 6) is 0.793. The molecule has 7 heteroatoms. The molecule has 0 unspecified atom stereocenters. The molecule has 1 saturated heterocycles. The molecule has 1 aliphatic heterocycles. The van der Waals surface area contributed by atoms with Crippen LogP contribution >= 0.6 is 23.4 Å². The smallest absolute Gasteiger partial charge is 0.243 e. The van der Waals surface area contributed by atoms with E-state index >= 15 is 0 Å². The van der Waals surface area contributed by atoms with Crippen LogP contribution in [0, 0.1) is 6.92 Å². The lowest BCUT2D eigenvalue weighted by molar-refractivity contribution is 0.415. The maximum atomic E-state index is 12.9. The van der Waals surface area contributed by atoms with Crippen LogP contribution in [0.1, 0.15) is 25.8 Å². The summed E-state index contributed by atoms with van der Waals surface area (Å²) in [6, 6.07) is 3.07. The van der Waals surface area contributed by atoms with Crippen molar-refractivity contribution >= 4 is 39.1 Å². The van der Waals surface area contributed by atoms with Crippen molar-refractivity contribution in [3.8, 4) is 0 Å². The second kappa shape index (κ2) is 5.99. The highest BCUT2D eigenvalue weighted by Gasteiger charge is 2.32. The first-order valence-corrected chi connectivity index (χ1v) is 9.63. The quantitative estimate of drug-likeness (QED) is 0.834. The summed E-state index contributed by atoms with van der Waals surface area (Å²) in [5, 5.41) is 0.348. The van der Waals surface area contributed by atoms with Gasteiger partial charge in [-0.05, 0) is 31.0 Å². The molecule has 0 aliphatic carbocycles. The molecule has 1 aromatic carbocycles. The van der Waals surface area contributed by atoms with Gasteiger partial charge in [0.2, 0.25) is 10.0 Å². The monoisotopic (exact) mass is 348 g/mol. The number of thioether (sulfide) groups is 1. The van der Waals surface area contributed by atoms with Crippen LogP contribution in [0.5, 0.6) is 0 Å². The SMILES string of the molecule is Cc1c(N)cc(Cl)cc1S(=O)(=O)N1CCSC(C)(C)CC1. The van der Waals surface area contributed by atoms with Gasteiger partial charge < -0.3 is 5.73 Å². The molecule has 0 radical (unpaired) electrons. The molecule has 2 rings (SSSR count). The fourth-order valence-corrected chi connectivity index (χ4v) is 5.55. The first-order chi connectivity index (χ1) is 9.63. The Morgan fingerprint density at radius 2 is 2.00 bits per heavy atom. The Morgan fingerprint density at radius 1 is 1.33 bits per heavy atom. The van der Waals surface area contributed by atoms with Crippen LogP contribution in [0.4, 0.5) is 5.69 Å². The van der Waals surface area contributed by atoms with Gasteiger partial charge in [0.1, 0.15) is 0 Å². The second-order valence-corrected chi connectivity index (χ2v) is 10.0. The number of nitrogens with zero attached hydrogens (tertiary/aromatic N) is 1. The highest BCUT2D eigenvalue weighted by Crippen LogP contribution is 2.34. The first kappa shape index (κ1) is 16.9. The Balaban J connectivity index is 2.39. The number of halogens is 1. The van der Waals surface area contributed by atoms with Crippen LogP contribution in [0.3, 0.4) is 0 Å². The molecule has 1 aliphatic rings. The molecule has 0 saturated carbocycles. The van der Waals surface area contributed by atoms with Crippen molar-refractivity contribution in [1.29, 1.82) is 0 Å². The topological polar surface area (TPSA) is 63.4 Å². The summed E-state index contributed by atoms with van der Waals surface area (Å²) in [6.45, 7) is 7.05.